The number of primary amides is 1. The van der Waals surface area contributed by atoms with Gasteiger partial charge in [-0.05, 0) is 48.4 Å². The molecule has 0 aliphatic heterocycles. The number of amides is 1. The van der Waals surface area contributed by atoms with Crippen LogP contribution < -0.4 is 5.73 Å². The summed E-state index contributed by atoms with van der Waals surface area (Å²) in [5.41, 5.74) is 3.09. The molecule has 4 rings (SSSR count). The summed E-state index contributed by atoms with van der Waals surface area (Å²) in [5.74, 6) is -6.66. The second-order valence-electron chi connectivity index (χ2n) is 8.20. The van der Waals surface area contributed by atoms with Gasteiger partial charge in [0.15, 0.2) is 11.4 Å². The molecule has 0 aromatic heterocycles. The van der Waals surface area contributed by atoms with Crippen LogP contribution in [0.5, 0.6) is 5.75 Å². The van der Waals surface area contributed by atoms with Crippen molar-refractivity contribution in [2.24, 2.45) is 17.6 Å². The average Bonchev–Trinajstić information content (AvgIpc) is 2.70. The Balaban J connectivity index is 1.95. The number of rotatable bonds is 2. The molecule has 7 N–H and O–H groups in total. The van der Waals surface area contributed by atoms with Crippen molar-refractivity contribution < 1.29 is 39.9 Å². The fourth-order valence-corrected chi connectivity index (χ4v) is 5.06. The predicted octanol–water partition coefficient (Wildman–Crippen LogP) is 1.34. The standard InChI is InChI=1S/C22H21NO8/c1-8(7-24)11-2-3-13(25)16-12(11)5-9-4-10-6-14(26)17(21(23)30)20(29)22(10,31)19(28)15(9)18(16)27/h2-3,7,9-10,24-25,27,29,31H,4-6H2,1H3,(H2,23,30)/b8-7-/t9-,10+,22+/m1/s1. The molecule has 1 aromatic rings. The van der Waals surface area contributed by atoms with Crippen molar-refractivity contribution in [1.82, 2.24) is 0 Å². The number of benzene rings is 1. The van der Waals surface area contributed by atoms with Crippen LogP contribution in [0.15, 0.2) is 35.3 Å². The van der Waals surface area contributed by atoms with E-state index in [0.29, 0.717) is 16.7 Å². The van der Waals surface area contributed by atoms with E-state index in [-0.39, 0.29) is 36.1 Å². The first-order valence-electron chi connectivity index (χ1n) is 9.67. The number of nitrogens with two attached hydrogens (primary N) is 1. The highest BCUT2D eigenvalue weighted by molar-refractivity contribution is 6.22. The number of hydrogen-bond donors (Lipinski definition) is 6. The molecule has 1 fully saturated rings. The molecule has 3 aliphatic carbocycles. The summed E-state index contributed by atoms with van der Waals surface area (Å²) in [6.07, 6.45) is 0.759. The summed E-state index contributed by atoms with van der Waals surface area (Å²) in [4.78, 5) is 37.3. The second kappa shape index (κ2) is 6.71. The van der Waals surface area contributed by atoms with Gasteiger partial charge in [0.05, 0.1) is 11.8 Å². The molecule has 1 amide bonds. The molecule has 162 valence electrons. The smallest absolute Gasteiger partial charge is 0.255 e. The SMILES string of the molecule is C/C(=C/O)c1ccc(O)c2c1C[C@H]1C[C@H]3CC(=O)C(C(N)=O)=C(O)[C@@]3(O)C(=O)C1=C2O. The van der Waals surface area contributed by atoms with Crippen molar-refractivity contribution in [3.63, 3.8) is 0 Å². The number of carbonyl (C=O) groups excluding carboxylic acids is 3. The number of phenols is 1. The highest BCUT2D eigenvalue weighted by Crippen LogP contribution is 2.52. The van der Waals surface area contributed by atoms with Gasteiger partial charge in [0.1, 0.15) is 22.8 Å². The summed E-state index contributed by atoms with van der Waals surface area (Å²) in [6.45, 7) is 1.64. The van der Waals surface area contributed by atoms with E-state index in [1.54, 1.807) is 13.0 Å². The maximum atomic E-state index is 13.3. The molecule has 1 aromatic carbocycles. The number of aliphatic hydroxyl groups excluding tert-OH is 3. The van der Waals surface area contributed by atoms with Gasteiger partial charge in [0.2, 0.25) is 5.78 Å². The molecular formula is C22H21NO8. The Labute approximate surface area is 176 Å². The van der Waals surface area contributed by atoms with Crippen molar-refractivity contribution in [3.05, 3.63) is 52.0 Å². The molecule has 9 nitrogen and oxygen atoms in total. The van der Waals surface area contributed by atoms with Crippen LogP contribution in [-0.4, -0.2) is 48.6 Å². The van der Waals surface area contributed by atoms with Gasteiger partial charge in [-0.25, -0.2) is 0 Å². The number of ketones is 2. The Morgan fingerprint density at radius 2 is 1.87 bits per heavy atom. The van der Waals surface area contributed by atoms with Crippen LogP contribution in [0.1, 0.15) is 36.5 Å². The van der Waals surface area contributed by atoms with Crippen molar-refractivity contribution in [3.8, 4) is 5.75 Å². The zero-order chi connectivity index (χ0) is 22.8. The lowest BCUT2D eigenvalue weighted by atomic mass is 9.59. The maximum absolute atomic E-state index is 13.3. The van der Waals surface area contributed by atoms with Crippen LogP contribution in [-0.2, 0) is 20.8 Å². The minimum atomic E-state index is -2.58. The van der Waals surface area contributed by atoms with Crippen molar-refractivity contribution in [2.75, 3.05) is 0 Å². The summed E-state index contributed by atoms with van der Waals surface area (Å²) >= 11 is 0. The zero-order valence-corrected chi connectivity index (χ0v) is 16.5. The average molecular weight is 427 g/mol. The van der Waals surface area contributed by atoms with Gasteiger partial charge in [0.25, 0.3) is 5.91 Å². The minimum Gasteiger partial charge on any atom is -0.515 e. The van der Waals surface area contributed by atoms with Gasteiger partial charge < -0.3 is 31.3 Å². The molecule has 0 heterocycles. The van der Waals surface area contributed by atoms with E-state index in [2.05, 4.69) is 0 Å². The maximum Gasteiger partial charge on any atom is 0.255 e. The third kappa shape index (κ3) is 2.63. The van der Waals surface area contributed by atoms with Crippen molar-refractivity contribution >= 4 is 28.8 Å². The Morgan fingerprint density at radius 3 is 2.48 bits per heavy atom. The van der Waals surface area contributed by atoms with E-state index >= 15 is 0 Å². The van der Waals surface area contributed by atoms with Crippen LogP contribution in [0, 0.1) is 11.8 Å². The van der Waals surface area contributed by atoms with Crippen molar-refractivity contribution in [2.45, 2.75) is 31.8 Å². The van der Waals surface area contributed by atoms with Crippen LogP contribution >= 0.6 is 0 Å². The lowest BCUT2D eigenvalue weighted by Crippen LogP contribution is -2.58. The van der Waals surface area contributed by atoms with E-state index in [4.69, 9.17) is 5.73 Å². The Hall–Kier alpha value is -3.59. The van der Waals surface area contributed by atoms with E-state index in [9.17, 15) is 39.9 Å². The van der Waals surface area contributed by atoms with Crippen LogP contribution in [0.3, 0.4) is 0 Å². The molecule has 0 spiro atoms. The first-order valence-corrected chi connectivity index (χ1v) is 9.67. The van der Waals surface area contributed by atoms with Crippen molar-refractivity contribution in [1.29, 1.82) is 0 Å². The Kier molecular flexibility index (Phi) is 4.48. The first kappa shape index (κ1) is 20.7. The third-order valence-electron chi connectivity index (χ3n) is 6.57. The van der Waals surface area contributed by atoms with Crippen LogP contribution in [0.4, 0.5) is 0 Å². The van der Waals surface area contributed by atoms with Gasteiger partial charge in [0, 0.05) is 17.9 Å². The number of fused-ring (bicyclic) bond motifs is 3. The lowest BCUT2D eigenvalue weighted by molar-refractivity contribution is -0.147. The number of aliphatic hydroxyl groups is 4. The Morgan fingerprint density at radius 1 is 1.19 bits per heavy atom. The number of phenolic OH excluding ortho intramolecular Hbond substituents is 1. The molecule has 0 unspecified atom stereocenters. The molecule has 3 aliphatic rings. The third-order valence-corrected chi connectivity index (χ3v) is 6.57. The molecule has 9 heteroatoms. The fourth-order valence-electron chi connectivity index (χ4n) is 5.06. The first-order chi connectivity index (χ1) is 14.5. The molecule has 0 radical (unpaired) electrons. The summed E-state index contributed by atoms with van der Waals surface area (Å²) in [5, 5.41) is 52.4. The highest BCUT2D eigenvalue weighted by atomic mass is 16.3. The summed E-state index contributed by atoms with van der Waals surface area (Å²) < 4.78 is 0. The van der Waals surface area contributed by atoms with E-state index in [0.717, 1.165) is 6.26 Å². The van der Waals surface area contributed by atoms with Gasteiger partial charge >= 0.3 is 0 Å². The number of allylic oxidation sites excluding steroid dienone is 1. The number of Topliss-reactive ketones (excluding diaryl/α,β-unsaturated/α-hetero) is 2. The Bertz CT molecular complexity index is 1160. The normalized spacial score (nSPS) is 28.3. The predicted molar refractivity (Wildman–Crippen MR) is 108 cm³/mol. The fraction of sp³-hybridized carbons (Fsp3) is 0.318. The number of hydrogen-bond acceptors (Lipinski definition) is 8. The topological polar surface area (TPSA) is 178 Å². The molecular weight excluding hydrogens is 406 g/mol. The molecule has 0 saturated heterocycles. The van der Waals surface area contributed by atoms with Crippen LogP contribution in [0.2, 0.25) is 0 Å². The van der Waals surface area contributed by atoms with E-state index in [1.165, 1.54) is 6.07 Å². The molecule has 3 atom stereocenters. The largest absolute Gasteiger partial charge is 0.515 e. The molecule has 0 bridgehead atoms. The minimum absolute atomic E-state index is 0.00849. The number of aromatic hydroxyl groups is 1. The van der Waals surface area contributed by atoms with Gasteiger partial charge in [-0.15, -0.1) is 0 Å². The monoisotopic (exact) mass is 427 g/mol. The summed E-state index contributed by atoms with van der Waals surface area (Å²) in [6, 6.07) is 2.89. The van der Waals surface area contributed by atoms with Gasteiger partial charge in [-0.1, -0.05) is 6.07 Å². The van der Waals surface area contributed by atoms with E-state index < -0.39 is 52.0 Å². The second-order valence-corrected chi connectivity index (χ2v) is 8.20. The van der Waals surface area contributed by atoms with Gasteiger partial charge in [-0.2, -0.15) is 0 Å². The highest BCUT2D eigenvalue weighted by Gasteiger charge is 2.60. The van der Waals surface area contributed by atoms with Crippen LogP contribution in [0.25, 0.3) is 11.3 Å². The molecule has 1 saturated carbocycles. The number of carbonyl (C=O) groups is 3. The van der Waals surface area contributed by atoms with E-state index in [1.807, 2.05) is 0 Å². The molecule has 31 heavy (non-hydrogen) atoms. The lowest BCUT2D eigenvalue weighted by Gasteiger charge is -2.46. The summed E-state index contributed by atoms with van der Waals surface area (Å²) in [7, 11) is 0. The van der Waals surface area contributed by atoms with Gasteiger partial charge in [-0.3, -0.25) is 14.4 Å². The zero-order valence-electron chi connectivity index (χ0n) is 16.5. The quantitative estimate of drug-likeness (QED) is 0.302.